The zero-order valence-electron chi connectivity index (χ0n) is 11.4. The highest BCUT2D eigenvalue weighted by atomic mass is 16.5. The molecule has 0 saturated heterocycles. The van der Waals surface area contributed by atoms with E-state index in [0.717, 1.165) is 25.3 Å². The lowest BCUT2D eigenvalue weighted by Crippen LogP contribution is -2.25. The van der Waals surface area contributed by atoms with Gasteiger partial charge >= 0.3 is 0 Å². The summed E-state index contributed by atoms with van der Waals surface area (Å²) in [5, 5.41) is 0. The smallest absolute Gasteiger partial charge is 0.119 e. The molecule has 2 N–H and O–H groups in total. The lowest BCUT2D eigenvalue weighted by molar-refractivity contribution is 0.310. The van der Waals surface area contributed by atoms with Gasteiger partial charge in [-0.3, -0.25) is 0 Å². The molecule has 1 saturated carbocycles. The quantitative estimate of drug-likeness (QED) is 0.861. The first kappa shape index (κ1) is 13.4. The minimum absolute atomic E-state index is 0.656. The molecule has 0 radical (unpaired) electrons. The first-order valence-corrected chi connectivity index (χ1v) is 7.28. The zero-order chi connectivity index (χ0) is 12.8. The number of benzene rings is 1. The highest BCUT2D eigenvalue weighted by Gasteiger charge is 2.25. The van der Waals surface area contributed by atoms with E-state index in [1.165, 1.54) is 31.2 Å². The van der Waals surface area contributed by atoms with Crippen molar-refractivity contribution < 1.29 is 4.74 Å². The molecule has 1 aliphatic rings. The van der Waals surface area contributed by atoms with Crippen molar-refractivity contribution in [3.05, 3.63) is 29.8 Å². The summed E-state index contributed by atoms with van der Waals surface area (Å²) in [6.07, 6.45) is 6.32. The van der Waals surface area contributed by atoms with E-state index in [1.54, 1.807) is 0 Å². The van der Waals surface area contributed by atoms with Crippen LogP contribution in [-0.4, -0.2) is 13.2 Å². The normalized spacial score (nSPS) is 23.9. The predicted octanol–water partition coefficient (Wildman–Crippen LogP) is 3.71. The van der Waals surface area contributed by atoms with Gasteiger partial charge < -0.3 is 10.5 Å². The average Bonchev–Trinajstić information content (AvgIpc) is 2.45. The number of nitrogens with two attached hydrogens (primary N) is 1. The summed E-state index contributed by atoms with van der Waals surface area (Å²) >= 11 is 0. The van der Waals surface area contributed by atoms with Crippen LogP contribution in [0.5, 0.6) is 5.75 Å². The van der Waals surface area contributed by atoms with E-state index < -0.39 is 0 Å². The Balaban J connectivity index is 2.03. The second-order valence-corrected chi connectivity index (χ2v) is 5.30. The van der Waals surface area contributed by atoms with Crippen molar-refractivity contribution in [2.45, 2.75) is 44.9 Å². The lowest BCUT2D eigenvalue weighted by Gasteiger charge is -2.31. The highest BCUT2D eigenvalue weighted by molar-refractivity contribution is 5.30. The monoisotopic (exact) mass is 247 g/mol. The van der Waals surface area contributed by atoms with Gasteiger partial charge in [0.1, 0.15) is 5.75 Å². The van der Waals surface area contributed by atoms with Gasteiger partial charge in [-0.05, 0) is 55.3 Å². The van der Waals surface area contributed by atoms with Crippen LogP contribution >= 0.6 is 0 Å². The fraction of sp³-hybridized carbons (Fsp3) is 0.625. The fourth-order valence-electron chi connectivity index (χ4n) is 2.96. The number of hydrogen-bond donors (Lipinski definition) is 1. The van der Waals surface area contributed by atoms with Crippen LogP contribution in [0.3, 0.4) is 0 Å². The number of hydrogen-bond acceptors (Lipinski definition) is 2. The molecular formula is C16H25NO. The molecule has 18 heavy (non-hydrogen) atoms. The van der Waals surface area contributed by atoms with E-state index in [1.807, 2.05) is 0 Å². The number of rotatable bonds is 5. The Morgan fingerprint density at radius 2 is 1.89 bits per heavy atom. The van der Waals surface area contributed by atoms with E-state index in [-0.39, 0.29) is 0 Å². The second-order valence-electron chi connectivity index (χ2n) is 5.30. The van der Waals surface area contributed by atoms with Crippen LogP contribution in [0, 0.1) is 5.92 Å². The Bertz CT molecular complexity index is 347. The van der Waals surface area contributed by atoms with Crippen molar-refractivity contribution in [3.63, 3.8) is 0 Å². The maximum Gasteiger partial charge on any atom is 0.119 e. The Hall–Kier alpha value is -1.02. The van der Waals surface area contributed by atoms with Crippen LogP contribution in [0.15, 0.2) is 24.3 Å². The molecule has 2 atom stereocenters. The molecule has 0 aromatic heterocycles. The van der Waals surface area contributed by atoms with Gasteiger partial charge in [0.15, 0.2) is 0 Å². The summed E-state index contributed by atoms with van der Waals surface area (Å²) in [6.45, 7) is 3.75. The van der Waals surface area contributed by atoms with Crippen LogP contribution in [0.1, 0.15) is 50.5 Å². The molecule has 0 amide bonds. The van der Waals surface area contributed by atoms with E-state index >= 15 is 0 Å². The molecular weight excluding hydrogens is 222 g/mol. The van der Waals surface area contributed by atoms with Crippen molar-refractivity contribution in [1.29, 1.82) is 0 Å². The summed E-state index contributed by atoms with van der Waals surface area (Å²) in [4.78, 5) is 0. The van der Waals surface area contributed by atoms with E-state index in [9.17, 15) is 0 Å². The summed E-state index contributed by atoms with van der Waals surface area (Å²) in [7, 11) is 0. The van der Waals surface area contributed by atoms with Gasteiger partial charge in [-0.1, -0.05) is 31.9 Å². The Kier molecular flexibility index (Phi) is 5.06. The van der Waals surface area contributed by atoms with E-state index in [0.29, 0.717) is 11.8 Å². The minimum atomic E-state index is 0.656. The van der Waals surface area contributed by atoms with Gasteiger partial charge in [0.25, 0.3) is 0 Å². The van der Waals surface area contributed by atoms with E-state index in [2.05, 4.69) is 31.2 Å². The molecule has 0 aliphatic heterocycles. The minimum Gasteiger partial charge on any atom is -0.494 e. The van der Waals surface area contributed by atoms with Crippen molar-refractivity contribution >= 4 is 0 Å². The lowest BCUT2D eigenvalue weighted by atomic mass is 9.75. The molecule has 0 bridgehead atoms. The summed E-state index contributed by atoms with van der Waals surface area (Å²) in [6, 6.07) is 8.66. The van der Waals surface area contributed by atoms with Gasteiger partial charge in [-0.25, -0.2) is 0 Å². The molecule has 2 unspecified atom stereocenters. The Labute approximate surface area is 111 Å². The third kappa shape index (κ3) is 3.26. The second kappa shape index (κ2) is 6.79. The van der Waals surface area contributed by atoms with Gasteiger partial charge in [0.2, 0.25) is 0 Å². The maximum atomic E-state index is 5.90. The van der Waals surface area contributed by atoms with Crippen LogP contribution in [0.25, 0.3) is 0 Å². The van der Waals surface area contributed by atoms with Gasteiger partial charge in [0, 0.05) is 0 Å². The van der Waals surface area contributed by atoms with Gasteiger partial charge in [-0.15, -0.1) is 0 Å². The largest absolute Gasteiger partial charge is 0.494 e. The molecule has 0 spiro atoms. The number of ether oxygens (including phenoxy) is 1. The topological polar surface area (TPSA) is 35.2 Å². The summed E-state index contributed by atoms with van der Waals surface area (Å²) in [5.74, 6) is 2.31. The van der Waals surface area contributed by atoms with Gasteiger partial charge in [-0.2, -0.15) is 0 Å². The SMILES string of the molecule is CCCOc1ccc(C2CCCCC2CN)cc1. The maximum absolute atomic E-state index is 5.90. The Morgan fingerprint density at radius 3 is 2.56 bits per heavy atom. The molecule has 100 valence electrons. The predicted molar refractivity (Wildman–Crippen MR) is 76.0 cm³/mol. The van der Waals surface area contributed by atoms with Crippen molar-refractivity contribution in [2.24, 2.45) is 11.7 Å². The molecule has 2 rings (SSSR count). The van der Waals surface area contributed by atoms with Crippen molar-refractivity contribution in [3.8, 4) is 5.75 Å². The average molecular weight is 247 g/mol. The summed E-state index contributed by atoms with van der Waals surface area (Å²) in [5.41, 5.74) is 7.34. The molecule has 1 aromatic rings. The van der Waals surface area contributed by atoms with E-state index in [4.69, 9.17) is 10.5 Å². The van der Waals surface area contributed by atoms with Crippen LogP contribution in [0.2, 0.25) is 0 Å². The molecule has 1 aliphatic carbocycles. The van der Waals surface area contributed by atoms with Crippen LogP contribution < -0.4 is 10.5 Å². The molecule has 2 nitrogen and oxygen atoms in total. The third-order valence-electron chi connectivity index (χ3n) is 3.99. The third-order valence-corrected chi connectivity index (χ3v) is 3.99. The first-order valence-electron chi connectivity index (χ1n) is 7.28. The van der Waals surface area contributed by atoms with Crippen LogP contribution in [-0.2, 0) is 0 Å². The fourth-order valence-corrected chi connectivity index (χ4v) is 2.96. The van der Waals surface area contributed by atoms with Crippen LogP contribution in [0.4, 0.5) is 0 Å². The molecule has 1 aromatic carbocycles. The molecule has 0 heterocycles. The molecule has 2 heteroatoms. The summed E-state index contributed by atoms with van der Waals surface area (Å²) < 4.78 is 5.63. The molecule has 1 fully saturated rings. The highest BCUT2D eigenvalue weighted by Crippen LogP contribution is 2.37. The standard InChI is InChI=1S/C16H25NO/c1-2-11-18-15-9-7-13(8-10-15)16-6-4-3-5-14(16)12-17/h7-10,14,16H,2-6,11-12,17H2,1H3. The Morgan fingerprint density at radius 1 is 1.17 bits per heavy atom. The van der Waals surface area contributed by atoms with Crippen molar-refractivity contribution in [2.75, 3.05) is 13.2 Å². The zero-order valence-corrected chi connectivity index (χ0v) is 11.4. The van der Waals surface area contributed by atoms with Crippen molar-refractivity contribution in [1.82, 2.24) is 0 Å². The van der Waals surface area contributed by atoms with Gasteiger partial charge in [0.05, 0.1) is 6.61 Å². The first-order chi connectivity index (χ1) is 8.85.